The summed E-state index contributed by atoms with van der Waals surface area (Å²) in [7, 11) is 3.67. The minimum absolute atomic E-state index is 0.121. The first kappa shape index (κ1) is 23.4. The maximum atomic E-state index is 13.9. The Hall–Kier alpha value is -4.96. The molecule has 0 radical (unpaired) electrons. The zero-order valence-electron chi connectivity index (χ0n) is 20.7. The van der Waals surface area contributed by atoms with Crippen molar-refractivity contribution in [3.05, 3.63) is 79.1 Å². The van der Waals surface area contributed by atoms with E-state index in [-0.39, 0.29) is 18.3 Å². The van der Waals surface area contributed by atoms with Gasteiger partial charge in [-0.3, -0.25) is 14.9 Å². The number of fused-ring (bicyclic) bond motifs is 2. The van der Waals surface area contributed by atoms with Crippen molar-refractivity contribution in [1.82, 2.24) is 35.0 Å². The Kier molecular flexibility index (Phi) is 5.85. The topological polar surface area (TPSA) is 115 Å². The molecule has 0 fully saturated rings. The minimum atomic E-state index is -0.295. The number of carbonyl (C=O) groups excluding carboxylic acids is 1. The van der Waals surface area contributed by atoms with Crippen LogP contribution in [0.3, 0.4) is 0 Å². The number of likely N-dealkylation sites (N-methyl/N-ethyl adjacent to an activating group) is 1. The maximum Gasteiger partial charge on any atom is 0.238 e. The molecule has 0 saturated carbocycles. The Labute approximate surface area is 216 Å². The van der Waals surface area contributed by atoms with Gasteiger partial charge in [0.05, 0.1) is 24.1 Å². The number of H-pyrrole nitrogens is 2. The van der Waals surface area contributed by atoms with Crippen molar-refractivity contribution in [1.29, 1.82) is 0 Å². The Morgan fingerprint density at radius 1 is 0.947 bits per heavy atom. The van der Waals surface area contributed by atoms with Crippen molar-refractivity contribution >= 4 is 33.7 Å². The minimum Gasteiger partial charge on any atom is -0.338 e. The molecule has 0 spiro atoms. The molecule has 9 nitrogen and oxygen atoms in total. The van der Waals surface area contributed by atoms with Crippen molar-refractivity contribution in [3.8, 4) is 33.6 Å². The number of hydrogen-bond acceptors (Lipinski definition) is 6. The van der Waals surface area contributed by atoms with Gasteiger partial charge in [-0.05, 0) is 61.6 Å². The number of halogens is 1. The van der Waals surface area contributed by atoms with Crippen LogP contribution in [0.25, 0.3) is 55.7 Å². The lowest BCUT2D eigenvalue weighted by atomic mass is 10.0. The molecule has 6 rings (SSSR count). The summed E-state index contributed by atoms with van der Waals surface area (Å²) in [6.45, 7) is 0.274. The molecule has 188 valence electrons. The lowest BCUT2D eigenvalue weighted by Gasteiger charge is -2.10. The number of rotatable bonds is 6. The fourth-order valence-electron chi connectivity index (χ4n) is 4.48. The van der Waals surface area contributed by atoms with E-state index in [1.807, 2.05) is 44.4 Å². The number of carbonyl (C=O) groups is 1. The summed E-state index contributed by atoms with van der Waals surface area (Å²) in [5, 5.41) is 12.0. The lowest BCUT2D eigenvalue weighted by molar-refractivity contribution is -0.116. The average Bonchev–Trinajstić information content (AvgIpc) is 3.52. The van der Waals surface area contributed by atoms with E-state index >= 15 is 0 Å². The van der Waals surface area contributed by atoms with Crippen LogP contribution in [0.15, 0.2) is 73.3 Å². The highest BCUT2D eigenvalue weighted by Crippen LogP contribution is 2.34. The third kappa shape index (κ3) is 4.48. The first-order chi connectivity index (χ1) is 18.4. The number of aromatic amines is 2. The first-order valence-corrected chi connectivity index (χ1v) is 11.9. The highest BCUT2D eigenvalue weighted by molar-refractivity contribution is 6.00. The largest absolute Gasteiger partial charge is 0.338 e. The van der Waals surface area contributed by atoms with Crippen LogP contribution in [0.1, 0.15) is 0 Å². The number of pyridine rings is 3. The monoisotopic (exact) mass is 506 g/mol. The number of aromatic nitrogens is 6. The zero-order valence-corrected chi connectivity index (χ0v) is 20.7. The van der Waals surface area contributed by atoms with Gasteiger partial charge >= 0.3 is 0 Å². The van der Waals surface area contributed by atoms with Gasteiger partial charge in [0.25, 0.3) is 0 Å². The van der Waals surface area contributed by atoms with E-state index in [1.165, 1.54) is 12.1 Å². The fraction of sp³-hybridized carbons (Fsp3) is 0.107. The summed E-state index contributed by atoms with van der Waals surface area (Å²) < 4.78 is 13.9. The predicted octanol–water partition coefficient (Wildman–Crippen LogP) is 4.87. The van der Waals surface area contributed by atoms with Crippen molar-refractivity contribution in [2.45, 2.75) is 0 Å². The summed E-state index contributed by atoms with van der Waals surface area (Å²) in [6, 6.07) is 14.2. The van der Waals surface area contributed by atoms with Gasteiger partial charge < -0.3 is 15.2 Å². The number of amides is 1. The summed E-state index contributed by atoms with van der Waals surface area (Å²) in [6.07, 6.45) is 6.77. The van der Waals surface area contributed by atoms with E-state index in [9.17, 15) is 9.18 Å². The maximum absolute atomic E-state index is 13.9. The van der Waals surface area contributed by atoms with Gasteiger partial charge in [-0.2, -0.15) is 5.10 Å². The number of nitrogens with zero attached hydrogens (tertiary/aromatic N) is 5. The molecule has 10 heteroatoms. The van der Waals surface area contributed by atoms with Gasteiger partial charge in [0.2, 0.25) is 5.91 Å². The van der Waals surface area contributed by atoms with Gasteiger partial charge in [0.1, 0.15) is 17.2 Å². The molecule has 1 amide bonds. The molecule has 5 aromatic heterocycles. The molecule has 1 aromatic carbocycles. The molecule has 38 heavy (non-hydrogen) atoms. The lowest BCUT2D eigenvalue weighted by Crippen LogP contribution is -2.27. The molecule has 0 aliphatic carbocycles. The van der Waals surface area contributed by atoms with Crippen molar-refractivity contribution in [3.63, 3.8) is 0 Å². The molecule has 0 bridgehead atoms. The highest BCUT2D eigenvalue weighted by Gasteiger charge is 2.16. The summed E-state index contributed by atoms with van der Waals surface area (Å²) in [4.78, 5) is 30.6. The zero-order chi connectivity index (χ0) is 26.2. The van der Waals surface area contributed by atoms with E-state index in [2.05, 4.69) is 35.5 Å². The molecule has 0 aliphatic rings. The van der Waals surface area contributed by atoms with Gasteiger partial charge in [-0.15, -0.1) is 0 Å². The summed E-state index contributed by atoms with van der Waals surface area (Å²) >= 11 is 0. The molecule has 0 saturated heterocycles. The Balaban J connectivity index is 1.38. The second-order valence-corrected chi connectivity index (χ2v) is 9.25. The van der Waals surface area contributed by atoms with E-state index < -0.39 is 0 Å². The molecule has 0 atom stereocenters. The summed E-state index contributed by atoms with van der Waals surface area (Å²) in [5.41, 5.74) is 6.61. The molecule has 0 aliphatic heterocycles. The van der Waals surface area contributed by atoms with Crippen LogP contribution in [0.5, 0.6) is 0 Å². The second kappa shape index (κ2) is 9.49. The molecule has 0 unspecified atom stereocenters. The molecule has 5 heterocycles. The third-order valence-corrected chi connectivity index (χ3v) is 6.15. The predicted molar refractivity (Wildman–Crippen MR) is 145 cm³/mol. The number of benzene rings is 1. The van der Waals surface area contributed by atoms with Crippen molar-refractivity contribution in [2.24, 2.45) is 0 Å². The number of nitrogens with one attached hydrogen (secondary N) is 3. The SMILES string of the molecule is CN(C)CC(=O)Nc1cncc(-c2cnc3[nH]nc(-c4cc5c(-c6cccc(F)c6)ccnc5[nH]4)c3c2)c1. The van der Waals surface area contributed by atoms with Crippen molar-refractivity contribution < 1.29 is 9.18 Å². The van der Waals surface area contributed by atoms with Crippen LogP contribution in [-0.2, 0) is 4.79 Å². The third-order valence-electron chi connectivity index (χ3n) is 6.15. The molecule has 3 N–H and O–H groups in total. The van der Waals surface area contributed by atoms with Gasteiger partial charge in [0, 0.05) is 40.5 Å². The van der Waals surface area contributed by atoms with E-state index in [0.717, 1.165) is 38.7 Å². The second-order valence-electron chi connectivity index (χ2n) is 9.25. The number of anilines is 1. The van der Waals surface area contributed by atoms with Crippen LogP contribution in [0, 0.1) is 5.82 Å². The van der Waals surface area contributed by atoms with Crippen molar-refractivity contribution in [2.75, 3.05) is 26.0 Å². The average molecular weight is 507 g/mol. The van der Waals surface area contributed by atoms with Crippen LogP contribution in [-0.4, -0.2) is 61.6 Å². The molecular weight excluding hydrogens is 483 g/mol. The normalized spacial score (nSPS) is 11.5. The van der Waals surface area contributed by atoms with E-state index in [1.54, 1.807) is 35.8 Å². The van der Waals surface area contributed by atoms with Crippen LogP contribution in [0.2, 0.25) is 0 Å². The highest BCUT2D eigenvalue weighted by atomic mass is 19.1. The van der Waals surface area contributed by atoms with Crippen LogP contribution >= 0.6 is 0 Å². The van der Waals surface area contributed by atoms with Gasteiger partial charge in [0.15, 0.2) is 5.65 Å². The van der Waals surface area contributed by atoms with Crippen LogP contribution in [0.4, 0.5) is 10.1 Å². The van der Waals surface area contributed by atoms with Gasteiger partial charge in [-0.1, -0.05) is 12.1 Å². The molecule has 6 aromatic rings. The quantitative estimate of drug-likeness (QED) is 0.297. The van der Waals surface area contributed by atoms with E-state index in [4.69, 9.17) is 0 Å². The van der Waals surface area contributed by atoms with Gasteiger partial charge in [-0.25, -0.2) is 14.4 Å². The Bertz CT molecular complexity index is 1810. The fourth-order valence-corrected chi connectivity index (χ4v) is 4.48. The van der Waals surface area contributed by atoms with Crippen LogP contribution < -0.4 is 5.32 Å². The summed E-state index contributed by atoms with van der Waals surface area (Å²) in [5.74, 6) is -0.416. The Morgan fingerprint density at radius 2 is 1.82 bits per heavy atom. The standard InChI is InChI=1S/C28H23FN8O/c1-37(2)15-25(38)33-20-9-17(12-30-14-20)18-10-23-26(35-36-28(23)32-13-18)24-11-22-21(6-7-31-27(22)34-24)16-4-3-5-19(29)8-16/h3-14H,15H2,1-2H3,(H,31,34)(H,33,38)(H,32,35,36). The Morgan fingerprint density at radius 3 is 2.66 bits per heavy atom. The number of hydrogen-bond donors (Lipinski definition) is 3. The molecular formula is C28H23FN8O. The first-order valence-electron chi connectivity index (χ1n) is 11.9. The smallest absolute Gasteiger partial charge is 0.238 e. The van der Waals surface area contributed by atoms with E-state index in [0.29, 0.717) is 22.7 Å².